The third-order valence-electron chi connectivity index (χ3n) is 3.72. The number of aliphatic hydroxyl groups is 1. The van der Waals surface area contributed by atoms with Gasteiger partial charge in [-0.15, -0.1) is 0 Å². The summed E-state index contributed by atoms with van der Waals surface area (Å²) in [5, 5.41) is 10.5. The Morgan fingerprint density at radius 2 is 1.61 bits per heavy atom. The van der Waals surface area contributed by atoms with Crippen molar-refractivity contribution in [2.24, 2.45) is 0 Å². The van der Waals surface area contributed by atoms with Gasteiger partial charge >= 0.3 is 0 Å². The van der Waals surface area contributed by atoms with Crippen molar-refractivity contribution in [3.63, 3.8) is 0 Å². The molecule has 0 saturated carbocycles. The molecule has 0 saturated heterocycles. The van der Waals surface area contributed by atoms with Crippen LogP contribution in [0.2, 0.25) is 0 Å². The van der Waals surface area contributed by atoms with Gasteiger partial charge in [0, 0.05) is 6.42 Å². The second-order valence-corrected chi connectivity index (χ2v) is 6.01. The highest BCUT2D eigenvalue weighted by Crippen LogP contribution is 2.25. The van der Waals surface area contributed by atoms with Gasteiger partial charge in [-0.1, -0.05) is 43.9 Å². The Bertz CT molecular complexity index is 368. The van der Waals surface area contributed by atoms with Gasteiger partial charge in [0.1, 0.15) is 0 Å². The Kier molecular flexibility index (Phi) is 5.40. The second-order valence-electron chi connectivity index (χ2n) is 6.01. The molecule has 1 N–H and O–H groups in total. The van der Waals surface area contributed by atoms with Gasteiger partial charge in [0.15, 0.2) is 0 Å². The van der Waals surface area contributed by atoms with Crippen LogP contribution in [0.5, 0.6) is 0 Å². The predicted octanol–water partition coefficient (Wildman–Crippen LogP) is 4.49. The third kappa shape index (κ3) is 4.45. The summed E-state index contributed by atoms with van der Waals surface area (Å²) in [5.41, 5.74) is 4.67. The Balaban J connectivity index is 2.77. The lowest BCUT2D eigenvalue weighted by atomic mass is 9.86. The molecule has 1 nitrogen and oxygen atoms in total. The molecule has 1 heteroatoms. The Hall–Kier alpha value is -0.820. The maximum atomic E-state index is 10.5. The van der Waals surface area contributed by atoms with E-state index in [0.29, 0.717) is 0 Å². The molecule has 1 rings (SSSR count). The van der Waals surface area contributed by atoms with Gasteiger partial charge in [-0.2, -0.15) is 0 Å². The molecule has 0 fully saturated rings. The molecule has 0 aliphatic heterocycles. The smallest absolute Gasteiger partial charge is 0.0660 e. The first-order valence-electron chi connectivity index (χ1n) is 7.15. The lowest BCUT2D eigenvalue weighted by Crippen LogP contribution is -2.28. The number of rotatable bonds is 6. The number of aryl methyl sites for hydroxylation is 3. The summed E-state index contributed by atoms with van der Waals surface area (Å²) in [6, 6.07) is 4.43. The van der Waals surface area contributed by atoms with Crippen LogP contribution in [-0.4, -0.2) is 10.7 Å². The molecule has 0 aliphatic rings. The second kappa shape index (κ2) is 6.38. The number of unbranched alkanes of at least 4 members (excludes halogenated alkanes) is 2. The summed E-state index contributed by atoms with van der Waals surface area (Å²) in [6.45, 7) is 10.6. The van der Waals surface area contributed by atoms with Crippen LogP contribution in [0, 0.1) is 20.8 Å². The van der Waals surface area contributed by atoms with Crippen LogP contribution in [0.3, 0.4) is 0 Å². The van der Waals surface area contributed by atoms with Crippen LogP contribution in [-0.2, 0) is 6.42 Å². The average molecular weight is 248 g/mol. The monoisotopic (exact) mass is 248 g/mol. The van der Waals surface area contributed by atoms with E-state index in [-0.39, 0.29) is 0 Å². The van der Waals surface area contributed by atoms with Gasteiger partial charge < -0.3 is 5.11 Å². The van der Waals surface area contributed by atoms with Crippen LogP contribution < -0.4 is 0 Å². The van der Waals surface area contributed by atoms with E-state index in [9.17, 15) is 5.11 Å². The summed E-state index contributed by atoms with van der Waals surface area (Å²) in [7, 11) is 0. The first-order chi connectivity index (χ1) is 8.35. The van der Waals surface area contributed by atoms with Crippen molar-refractivity contribution in [1.82, 2.24) is 0 Å². The van der Waals surface area contributed by atoms with Gasteiger partial charge in [-0.05, 0) is 50.8 Å². The van der Waals surface area contributed by atoms with E-state index in [4.69, 9.17) is 0 Å². The van der Waals surface area contributed by atoms with E-state index in [0.717, 1.165) is 19.3 Å². The molecule has 0 bridgehead atoms. The minimum absolute atomic E-state index is 0.569. The molecule has 102 valence electrons. The molecule has 18 heavy (non-hydrogen) atoms. The molecule has 0 aromatic heterocycles. The quantitative estimate of drug-likeness (QED) is 0.736. The van der Waals surface area contributed by atoms with Crippen molar-refractivity contribution < 1.29 is 5.11 Å². The lowest BCUT2D eigenvalue weighted by Gasteiger charge is -2.25. The van der Waals surface area contributed by atoms with E-state index in [2.05, 4.69) is 39.8 Å². The summed E-state index contributed by atoms with van der Waals surface area (Å²) in [6.07, 6.45) is 5.20. The first kappa shape index (κ1) is 15.2. The molecule has 1 unspecified atom stereocenters. The zero-order chi connectivity index (χ0) is 13.8. The third-order valence-corrected chi connectivity index (χ3v) is 3.72. The number of benzene rings is 1. The molecule has 0 radical (unpaired) electrons. The molecule has 1 aromatic rings. The van der Waals surface area contributed by atoms with Crippen LogP contribution in [0.4, 0.5) is 0 Å². The summed E-state index contributed by atoms with van der Waals surface area (Å²) in [5.74, 6) is 0. The highest BCUT2D eigenvalue weighted by Gasteiger charge is 2.22. The predicted molar refractivity (Wildman–Crippen MR) is 79.1 cm³/mol. The minimum Gasteiger partial charge on any atom is -0.390 e. The standard InChI is InChI=1S/C17H28O/c1-6-7-8-9-17(5,18)12-16-14(3)10-13(2)11-15(16)4/h10-11,18H,6-9,12H2,1-5H3. The molecule has 1 aromatic carbocycles. The van der Waals surface area contributed by atoms with Crippen molar-refractivity contribution in [2.45, 2.75) is 72.3 Å². The van der Waals surface area contributed by atoms with Gasteiger partial charge in [0.2, 0.25) is 0 Å². The van der Waals surface area contributed by atoms with Crippen molar-refractivity contribution in [3.05, 3.63) is 34.4 Å². The molecule has 0 spiro atoms. The minimum atomic E-state index is -0.569. The molecule has 1 atom stereocenters. The van der Waals surface area contributed by atoms with Crippen molar-refractivity contribution in [2.75, 3.05) is 0 Å². The zero-order valence-electron chi connectivity index (χ0n) is 12.6. The number of hydrogen-bond acceptors (Lipinski definition) is 1. The summed E-state index contributed by atoms with van der Waals surface area (Å²) < 4.78 is 0. The van der Waals surface area contributed by atoms with E-state index < -0.39 is 5.60 Å². The van der Waals surface area contributed by atoms with Crippen LogP contribution in [0.25, 0.3) is 0 Å². The van der Waals surface area contributed by atoms with Gasteiger partial charge in [0.25, 0.3) is 0 Å². The fourth-order valence-electron chi connectivity index (χ4n) is 2.71. The van der Waals surface area contributed by atoms with Crippen molar-refractivity contribution >= 4 is 0 Å². The highest BCUT2D eigenvalue weighted by atomic mass is 16.3. The van der Waals surface area contributed by atoms with Crippen LogP contribution in [0.1, 0.15) is 61.8 Å². The van der Waals surface area contributed by atoms with E-state index >= 15 is 0 Å². The maximum Gasteiger partial charge on any atom is 0.0660 e. The van der Waals surface area contributed by atoms with Gasteiger partial charge in [-0.25, -0.2) is 0 Å². The average Bonchev–Trinajstić information content (AvgIpc) is 2.23. The maximum absolute atomic E-state index is 10.5. The van der Waals surface area contributed by atoms with E-state index in [1.807, 2.05) is 6.92 Å². The lowest BCUT2D eigenvalue weighted by molar-refractivity contribution is 0.0483. The summed E-state index contributed by atoms with van der Waals surface area (Å²) >= 11 is 0. The normalized spacial score (nSPS) is 14.6. The van der Waals surface area contributed by atoms with Crippen molar-refractivity contribution in [1.29, 1.82) is 0 Å². The molecule has 0 aliphatic carbocycles. The number of hydrogen-bond donors (Lipinski definition) is 1. The van der Waals surface area contributed by atoms with Crippen LogP contribution >= 0.6 is 0 Å². The molecular formula is C17H28O. The largest absolute Gasteiger partial charge is 0.390 e. The van der Waals surface area contributed by atoms with E-state index in [1.54, 1.807) is 0 Å². The van der Waals surface area contributed by atoms with Gasteiger partial charge in [0.05, 0.1) is 5.60 Å². The molecule has 0 amide bonds. The summed E-state index contributed by atoms with van der Waals surface area (Å²) in [4.78, 5) is 0. The Morgan fingerprint density at radius 1 is 1.06 bits per heavy atom. The molecular weight excluding hydrogens is 220 g/mol. The van der Waals surface area contributed by atoms with Gasteiger partial charge in [-0.3, -0.25) is 0 Å². The Labute approximate surface area is 112 Å². The first-order valence-corrected chi connectivity index (χ1v) is 7.15. The van der Waals surface area contributed by atoms with Crippen LogP contribution in [0.15, 0.2) is 12.1 Å². The van der Waals surface area contributed by atoms with E-state index in [1.165, 1.54) is 35.1 Å². The zero-order valence-corrected chi connectivity index (χ0v) is 12.6. The highest BCUT2D eigenvalue weighted by molar-refractivity contribution is 5.38. The fraction of sp³-hybridized carbons (Fsp3) is 0.647. The topological polar surface area (TPSA) is 20.2 Å². The SMILES string of the molecule is CCCCCC(C)(O)Cc1c(C)cc(C)cc1C. The van der Waals surface area contributed by atoms with Crippen molar-refractivity contribution in [3.8, 4) is 0 Å². The fourth-order valence-corrected chi connectivity index (χ4v) is 2.71. The Morgan fingerprint density at radius 3 is 2.11 bits per heavy atom. The molecule has 0 heterocycles.